The summed E-state index contributed by atoms with van der Waals surface area (Å²) in [7, 11) is -0.389. The lowest BCUT2D eigenvalue weighted by Gasteiger charge is -2.26. The van der Waals surface area contributed by atoms with Crippen LogP contribution in [-0.2, 0) is 17.5 Å². The van der Waals surface area contributed by atoms with Crippen molar-refractivity contribution >= 4 is 58.8 Å². The zero-order chi connectivity index (χ0) is 23.6. The van der Waals surface area contributed by atoms with Gasteiger partial charge in [0, 0.05) is 30.7 Å². The van der Waals surface area contributed by atoms with Crippen molar-refractivity contribution in [3.63, 3.8) is 0 Å². The number of likely N-dealkylation sites (N-methyl/N-ethyl adjacent to an activating group) is 1. The normalized spacial score (nSPS) is 14.1. The van der Waals surface area contributed by atoms with Gasteiger partial charge >= 0.3 is 0 Å². The number of para-hydroxylation sites is 1. The van der Waals surface area contributed by atoms with Crippen LogP contribution in [0.15, 0.2) is 42.6 Å². The first-order valence-electron chi connectivity index (χ1n) is 11.1. The second kappa shape index (κ2) is 10.0. The van der Waals surface area contributed by atoms with Gasteiger partial charge in [0.15, 0.2) is 5.82 Å². The molecule has 0 saturated carbocycles. The minimum absolute atomic E-state index is 0.372. The van der Waals surface area contributed by atoms with Gasteiger partial charge in [-0.3, -0.25) is 0 Å². The van der Waals surface area contributed by atoms with Crippen LogP contribution in [0.25, 0.3) is 0 Å². The highest BCUT2D eigenvalue weighted by Gasteiger charge is 2.24. The van der Waals surface area contributed by atoms with E-state index in [-0.39, 0.29) is 0 Å². The Hall–Kier alpha value is -2.11. The van der Waals surface area contributed by atoms with Gasteiger partial charge in [0.2, 0.25) is 5.95 Å². The molecule has 1 aliphatic rings. The van der Waals surface area contributed by atoms with Gasteiger partial charge in [-0.1, -0.05) is 49.2 Å². The molecule has 6 nitrogen and oxygen atoms in total. The quantitative estimate of drug-likeness (QED) is 0.369. The van der Waals surface area contributed by atoms with Gasteiger partial charge in [0.25, 0.3) is 0 Å². The molecule has 0 spiro atoms. The fraction of sp³-hybridized carbons (Fsp3) is 0.333. The van der Waals surface area contributed by atoms with Crippen molar-refractivity contribution in [3.8, 4) is 0 Å². The van der Waals surface area contributed by atoms with E-state index in [9.17, 15) is 4.57 Å². The van der Waals surface area contributed by atoms with Gasteiger partial charge in [-0.05, 0) is 48.9 Å². The molecular formula is C24H28Cl2N5OP. The first-order valence-corrected chi connectivity index (χ1v) is 13.9. The van der Waals surface area contributed by atoms with Crippen molar-refractivity contribution in [2.24, 2.45) is 0 Å². The Bertz CT molecular complexity index is 1210. The van der Waals surface area contributed by atoms with Gasteiger partial charge < -0.3 is 20.1 Å². The standard InChI is InChI=1S/C24H28Cl2N5OP/c1-4-33(32,5-2)22-9-7-6-8-20(22)28-23-19(26)14-27-24(30-23)29-21-13-17-15-31(3)11-10-16(17)12-18(21)25/h6-9,12-14H,4-5,10-11,15H2,1-3H3,(H2,27,28,29,30). The Balaban J connectivity index is 1.63. The Kier molecular flexibility index (Phi) is 7.30. The molecule has 2 aromatic carbocycles. The van der Waals surface area contributed by atoms with Crippen LogP contribution in [0.4, 0.5) is 23.1 Å². The van der Waals surface area contributed by atoms with Crippen LogP contribution in [0.2, 0.25) is 10.0 Å². The van der Waals surface area contributed by atoms with Crippen molar-refractivity contribution < 1.29 is 4.57 Å². The second-order valence-electron chi connectivity index (χ2n) is 8.27. The molecule has 1 aliphatic heterocycles. The van der Waals surface area contributed by atoms with Crippen LogP contribution in [0.3, 0.4) is 0 Å². The molecule has 174 valence electrons. The smallest absolute Gasteiger partial charge is 0.229 e. The van der Waals surface area contributed by atoms with Crippen LogP contribution in [0.1, 0.15) is 25.0 Å². The van der Waals surface area contributed by atoms with Crippen LogP contribution < -0.4 is 15.9 Å². The summed E-state index contributed by atoms with van der Waals surface area (Å²) in [4.78, 5) is 11.2. The second-order valence-corrected chi connectivity index (χ2v) is 12.6. The van der Waals surface area contributed by atoms with Gasteiger partial charge in [0.05, 0.1) is 22.6 Å². The highest BCUT2D eigenvalue weighted by atomic mass is 35.5. The Morgan fingerprint density at radius 2 is 1.79 bits per heavy atom. The maximum Gasteiger partial charge on any atom is 0.229 e. The summed E-state index contributed by atoms with van der Waals surface area (Å²) in [5.74, 6) is 0.814. The number of benzene rings is 2. The SMILES string of the molecule is CCP(=O)(CC)c1ccccc1Nc1nc(Nc2cc3c(cc2Cl)CCN(C)C3)ncc1Cl. The number of halogens is 2. The summed E-state index contributed by atoms with van der Waals surface area (Å²) < 4.78 is 13.4. The lowest BCUT2D eigenvalue weighted by Crippen LogP contribution is -2.26. The van der Waals surface area contributed by atoms with Crippen LogP contribution in [-0.4, -0.2) is 40.8 Å². The number of aromatic nitrogens is 2. The Labute approximate surface area is 205 Å². The average Bonchev–Trinajstić information content (AvgIpc) is 2.82. The summed E-state index contributed by atoms with van der Waals surface area (Å²) in [6, 6.07) is 11.7. The molecule has 0 unspecified atom stereocenters. The third-order valence-electron chi connectivity index (χ3n) is 6.10. The number of fused-ring (bicyclic) bond motifs is 1. The maximum atomic E-state index is 13.4. The molecule has 0 saturated heterocycles. The molecule has 0 bridgehead atoms. The van der Waals surface area contributed by atoms with Gasteiger partial charge in [-0.15, -0.1) is 0 Å². The zero-order valence-corrected chi connectivity index (χ0v) is 21.4. The summed E-state index contributed by atoms with van der Waals surface area (Å²) in [5.41, 5.74) is 4.01. The summed E-state index contributed by atoms with van der Waals surface area (Å²) >= 11 is 13.0. The molecular weight excluding hydrogens is 476 g/mol. The predicted octanol–water partition coefficient (Wildman–Crippen LogP) is 6.29. The van der Waals surface area contributed by atoms with Gasteiger partial charge in [-0.2, -0.15) is 4.98 Å². The fourth-order valence-corrected chi connectivity index (χ4v) is 6.51. The molecule has 2 heterocycles. The topological polar surface area (TPSA) is 70.2 Å². The number of rotatable bonds is 7. The number of hydrogen-bond donors (Lipinski definition) is 2. The molecule has 3 aromatic rings. The molecule has 4 rings (SSSR count). The Morgan fingerprint density at radius 3 is 2.55 bits per heavy atom. The van der Waals surface area contributed by atoms with Crippen molar-refractivity contribution in [3.05, 3.63) is 63.8 Å². The number of anilines is 4. The molecule has 0 amide bonds. The highest BCUT2D eigenvalue weighted by Crippen LogP contribution is 2.46. The summed E-state index contributed by atoms with van der Waals surface area (Å²) in [5, 5.41) is 8.31. The minimum atomic E-state index is -2.50. The average molecular weight is 504 g/mol. The summed E-state index contributed by atoms with van der Waals surface area (Å²) in [6.07, 6.45) is 3.72. The van der Waals surface area contributed by atoms with E-state index in [1.54, 1.807) is 6.20 Å². The van der Waals surface area contributed by atoms with Crippen LogP contribution >= 0.6 is 30.3 Å². The lowest BCUT2D eigenvalue weighted by molar-refractivity contribution is 0.313. The van der Waals surface area contributed by atoms with Crippen molar-refractivity contribution in [1.29, 1.82) is 0 Å². The summed E-state index contributed by atoms with van der Waals surface area (Å²) in [6.45, 7) is 5.82. The van der Waals surface area contributed by atoms with E-state index in [2.05, 4.69) is 38.6 Å². The molecule has 1 aromatic heterocycles. The Morgan fingerprint density at radius 1 is 1.03 bits per heavy atom. The zero-order valence-electron chi connectivity index (χ0n) is 19.0. The van der Waals surface area contributed by atoms with E-state index in [1.807, 2.05) is 44.2 Å². The number of nitrogens with zero attached hydrogens (tertiary/aromatic N) is 3. The highest BCUT2D eigenvalue weighted by molar-refractivity contribution is 7.71. The first kappa shape index (κ1) is 24.0. The van der Waals surface area contributed by atoms with Crippen molar-refractivity contribution in [1.82, 2.24) is 14.9 Å². The largest absolute Gasteiger partial charge is 0.338 e. The molecule has 0 aliphatic carbocycles. The molecule has 0 fully saturated rings. The fourth-order valence-electron chi connectivity index (χ4n) is 4.08. The van der Waals surface area contributed by atoms with E-state index >= 15 is 0 Å². The van der Waals surface area contributed by atoms with E-state index in [0.29, 0.717) is 34.1 Å². The van der Waals surface area contributed by atoms with E-state index < -0.39 is 7.14 Å². The van der Waals surface area contributed by atoms with E-state index in [4.69, 9.17) is 23.2 Å². The first-order chi connectivity index (χ1) is 15.8. The third-order valence-corrected chi connectivity index (χ3v) is 10.0. The van der Waals surface area contributed by atoms with E-state index in [0.717, 1.165) is 36.2 Å². The molecule has 9 heteroatoms. The van der Waals surface area contributed by atoms with E-state index in [1.165, 1.54) is 11.1 Å². The third kappa shape index (κ3) is 5.20. The lowest BCUT2D eigenvalue weighted by atomic mass is 9.99. The van der Waals surface area contributed by atoms with Crippen molar-refractivity contribution in [2.45, 2.75) is 26.8 Å². The van der Waals surface area contributed by atoms with Gasteiger partial charge in [0.1, 0.15) is 12.2 Å². The molecule has 2 N–H and O–H groups in total. The van der Waals surface area contributed by atoms with Crippen molar-refractivity contribution in [2.75, 3.05) is 36.5 Å². The number of hydrogen-bond acceptors (Lipinski definition) is 6. The molecule has 33 heavy (non-hydrogen) atoms. The predicted molar refractivity (Wildman–Crippen MR) is 140 cm³/mol. The minimum Gasteiger partial charge on any atom is -0.338 e. The van der Waals surface area contributed by atoms with Crippen LogP contribution in [0, 0.1) is 0 Å². The van der Waals surface area contributed by atoms with Crippen LogP contribution in [0.5, 0.6) is 0 Å². The molecule has 0 radical (unpaired) electrons. The van der Waals surface area contributed by atoms with Gasteiger partial charge in [-0.25, -0.2) is 4.98 Å². The number of nitrogens with one attached hydrogen (secondary N) is 2. The maximum absolute atomic E-state index is 13.4. The molecule has 0 atom stereocenters. The monoisotopic (exact) mass is 503 g/mol.